The number of carbonyl (C=O) groups excluding carboxylic acids is 3. The number of hydrogen-bond donors (Lipinski definition) is 3. The molecule has 4 aliphatic heterocycles. The third-order valence-electron chi connectivity index (χ3n) is 19.9. The average molecular weight is 1450 g/mol. The molecule has 2 aromatic heterocycles. The van der Waals surface area contributed by atoms with E-state index >= 15 is 14.4 Å². The molecule has 4 saturated heterocycles. The van der Waals surface area contributed by atoms with Gasteiger partial charge >= 0.3 is 18.3 Å². The van der Waals surface area contributed by atoms with Gasteiger partial charge in [-0.25, -0.2) is 29.3 Å². The monoisotopic (exact) mass is 1450 g/mol. The lowest BCUT2D eigenvalue weighted by Gasteiger charge is -2.53. The van der Waals surface area contributed by atoms with Gasteiger partial charge in [-0.3, -0.25) is 19.3 Å². The summed E-state index contributed by atoms with van der Waals surface area (Å²) in [5.74, 6) is -1.70. The molecule has 6 aliphatic rings. The van der Waals surface area contributed by atoms with E-state index in [2.05, 4.69) is 20.3 Å². The van der Waals surface area contributed by atoms with Crippen molar-refractivity contribution in [1.29, 1.82) is 0 Å². The predicted octanol–water partition coefficient (Wildman–Crippen LogP) is 12.3. The lowest BCUT2D eigenvalue weighted by Crippen LogP contribution is -2.70. The number of carbonyl (C=O) groups is 3. The van der Waals surface area contributed by atoms with Gasteiger partial charge in [-0.05, 0) is 131 Å². The number of ether oxygens (including phenoxy) is 12. The molecule has 0 radical (unpaired) electrons. The van der Waals surface area contributed by atoms with Crippen LogP contribution in [-0.2, 0) is 83.0 Å². The highest BCUT2D eigenvalue weighted by Gasteiger charge is 2.63. The Morgan fingerprint density at radius 3 is 1.70 bits per heavy atom. The smallest absolute Gasteiger partial charge is 0.411 e. The van der Waals surface area contributed by atoms with Crippen molar-refractivity contribution in [1.82, 2.24) is 39.5 Å². The average Bonchev–Trinajstić information content (AvgIpc) is 1.64. The van der Waals surface area contributed by atoms with Crippen LogP contribution in [0.3, 0.4) is 0 Å². The zero-order valence-electron chi connectivity index (χ0n) is 62.8. The van der Waals surface area contributed by atoms with Gasteiger partial charge in [-0.15, -0.1) is 0 Å². The molecule has 14 atom stereocenters. The van der Waals surface area contributed by atoms with E-state index in [1.807, 2.05) is 202 Å². The first kappa shape index (κ1) is 77.2. The Morgan fingerprint density at radius 1 is 0.590 bits per heavy atom. The zero-order valence-corrected chi connectivity index (χ0v) is 62.8. The van der Waals surface area contributed by atoms with Crippen LogP contribution < -0.4 is 11.1 Å². The number of nitrogens with zero attached hydrogens (tertiary/aromatic N) is 7. The van der Waals surface area contributed by atoms with Gasteiger partial charge in [0.15, 0.2) is 35.6 Å². The number of aromatic nitrogens is 4. The van der Waals surface area contributed by atoms with Crippen molar-refractivity contribution in [2.75, 3.05) is 32.1 Å². The van der Waals surface area contributed by atoms with Crippen molar-refractivity contribution < 1.29 is 76.3 Å². The largest absolute Gasteiger partial charge is 0.444 e. The highest BCUT2D eigenvalue weighted by atomic mass is 16.8. The molecule has 6 heterocycles. The summed E-state index contributed by atoms with van der Waals surface area (Å²) < 4.78 is 84.3. The van der Waals surface area contributed by atoms with Gasteiger partial charge in [0.1, 0.15) is 89.6 Å². The Labute approximate surface area is 617 Å². The van der Waals surface area contributed by atoms with Gasteiger partial charge in [-0.1, -0.05) is 141 Å². The molecule has 105 heavy (non-hydrogen) atoms. The minimum absolute atomic E-state index is 0.0180. The number of benzene rings is 4. The zero-order chi connectivity index (χ0) is 74.3. The molecular formula is C80H109N9O16. The number of aliphatic hydroxyl groups excluding tert-OH is 1. The second-order valence-electron chi connectivity index (χ2n) is 32.1. The quantitative estimate of drug-likeness (QED) is 0.0336. The number of nitrogen functional groups attached to an aromatic ring is 1. The van der Waals surface area contributed by atoms with E-state index in [9.17, 15) is 5.11 Å². The molecular weight excluding hydrogens is 1340 g/mol. The van der Waals surface area contributed by atoms with Crippen LogP contribution in [0.15, 0.2) is 134 Å². The molecule has 0 unspecified atom stereocenters. The summed E-state index contributed by atoms with van der Waals surface area (Å²) in [6.07, 6.45) is -2.26. The summed E-state index contributed by atoms with van der Waals surface area (Å²) in [5.41, 5.74) is 7.72. The summed E-state index contributed by atoms with van der Waals surface area (Å²) >= 11 is 0. The fourth-order valence-electron chi connectivity index (χ4n) is 15.2. The number of nitrogens with one attached hydrogen (secondary N) is 1. The van der Waals surface area contributed by atoms with Crippen LogP contribution >= 0.6 is 0 Å². The van der Waals surface area contributed by atoms with Crippen molar-refractivity contribution in [3.8, 4) is 0 Å². The van der Waals surface area contributed by atoms with Gasteiger partial charge in [0, 0.05) is 58.8 Å². The molecule has 4 aromatic carbocycles. The SMILES string of the molecule is CC(C)(C)OC(=O)N(Cc1ccccc1)[C@H]1[C@@H](O[C@@H]2[C@H]3OC4(CCCCC4)O[C@@H]3[C@@H](N(Cc3ccccc3)C(=O)OC(C)(C)C)C[C@H]2N(Cc2ccccc2)C(=O)OC(C)(C)C)O[C@H](CNCc2ccccc2)[C@@H](O)[C@@H]1OCCCCCCOC[C@H]1O[C@@H](n2cnc3c(N)ncnc32)[C@@H]2OC(C)(C)O[C@@H]21. The van der Waals surface area contributed by atoms with Crippen LogP contribution in [0.25, 0.3) is 11.2 Å². The maximum atomic E-state index is 15.7. The summed E-state index contributed by atoms with van der Waals surface area (Å²) in [5, 5.41) is 16.8. The topological polar surface area (TPSA) is 274 Å². The molecule has 2 saturated carbocycles. The summed E-state index contributed by atoms with van der Waals surface area (Å²) in [6.45, 7) is 21.8. The van der Waals surface area contributed by atoms with Gasteiger partial charge < -0.3 is 73.0 Å². The molecule has 25 nitrogen and oxygen atoms in total. The van der Waals surface area contributed by atoms with Crippen molar-refractivity contribution in [2.45, 2.75) is 281 Å². The minimum Gasteiger partial charge on any atom is -0.444 e. The maximum absolute atomic E-state index is 15.7. The number of aliphatic hydroxyl groups is 1. The van der Waals surface area contributed by atoms with E-state index in [4.69, 9.17) is 62.6 Å². The first-order chi connectivity index (χ1) is 50.2. The number of anilines is 1. The maximum Gasteiger partial charge on any atom is 0.411 e. The molecule has 6 fully saturated rings. The Kier molecular flexibility index (Phi) is 24.6. The highest BCUT2D eigenvalue weighted by molar-refractivity contribution is 5.81. The molecule has 4 N–H and O–H groups in total. The summed E-state index contributed by atoms with van der Waals surface area (Å²) in [7, 11) is 0. The van der Waals surface area contributed by atoms with E-state index in [1.54, 1.807) is 21.0 Å². The molecule has 1 spiro atoms. The van der Waals surface area contributed by atoms with E-state index in [1.165, 1.54) is 6.33 Å². The van der Waals surface area contributed by atoms with Gasteiger partial charge in [0.05, 0.1) is 25.0 Å². The summed E-state index contributed by atoms with van der Waals surface area (Å²) in [6, 6.07) is 35.9. The number of rotatable bonds is 26. The van der Waals surface area contributed by atoms with Crippen LogP contribution in [0.2, 0.25) is 0 Å². The number of amides is 3. The number of hydrogen-bond acceptors (Lipinski definition) is 21. The second-order valence-corrected chi connectivity index (χ2v) is 32.1. The molecule has 3 amide bonds. The van der Waals surface area contributed by atoms with Crippen LogP contribution in [0.1, 0.15) is 169 Å². The molecule has 12 rings (SSSR count). The van der Waals surface area contributed by atoms with E-state index in [0.29, 0.717) is 43.6 Å². The lowest BCUT2D eigenvalue weighted by molar-refractivity contribution is -0.313. The fourth-order valence-corrected chi connectivity index (χ4v) is 15.2. The molecule has 25 heteroatoms. The molecule has 6 aromatic rings. The molecule has 0 bridgehead atoms. The van der Waals surface area contributed by atoms with E-state index in [-0.39, 0.29) is 51.6 Å². The first-order valence-electron chi connectivity index (χ1n) is 37.5. The van der Waals surface area contributed by atoms with Crippen molar-refractivity contribution in [2.24, 2.45) is 0 Å². The number of nitrogens with two attached hydrogens (primary N) is 1. The van der Waals surface area contributed by atoms with Gasteiger partial charge in [0.25, 0.3) is 0 Å². The Hall–Kier alpha value is -7.40. The van der Waals surface area contributed by atoms with E-state index < -0.39 is 132 Å². The molecule has 570 valence electrons. The Morgan fingerprint density at radius 2 is 1.11 bits per heavy atom. The summed E-state index contributed by atoms with van der Waals surface area (Å²) in [4.78, 5) is 64.6. The van der Waals surface area contributed by atoms with Crippen LogP contribution in [-0.4, -0.2) is 192 Å². The van der Waals surface area contributed by atoms with Crippen LogP contribution in [0.5, 0.6) is 0 Å². The number of fused-ring (bicyclic) bond motifs is 3. The third kappa shape index (κ3) is 19.5. The van der Waals surface area contributed by atoms with Crippen molar-refractivity contribution >= 4 is 35.3 Å². The normalized spacial score (nSPS) is 27.1. The Bertz CT molecular complexity index is 3780. The Balaban J connectivity index is 0.884. The lowest BCUT2D eigenvalue weighted by atomic mass is 9.81. The number of unbranched alkanes of at least 4 members (excludes halogenated alkanes) is 3. The van der Waals surface area contributed by atoms with Crippen LogP contribution in [0.4, 0.5) is 20.2 Å². The standard InChI is InChI=1S/C80H109N9O16/c1-76(2,3)103-73(91)86(46-53-33-21-15-22-34-53)56-43-57(87(74(92)104-77(4,5)6)47-54-35-23-16-24-36-54)64-67(102-80(101-64)39-27-18-28-40-80)63(56)98-72-61(88(75(93)105-78(7,8)9)48-55-37-25-17-26-38-55)66(62(90)58(97-72)45-82-44-52-31-19-14-20-32-52)95-42-30-13-12-29-41-94-49-59-65-68(100-79(10,11)99-65)71(96-59)89-51-85-60-69(81)83-50-84-70(60)89/h14-17,19-26,31-38,50-51,56-59,61-68,71-72,82,90H,12-13,18,27-30,39-49H2,1-11H3,(H2,81,83,84)/t56-,57+,58-,59-,61-,62-,63+,64-,65-,66-,67-,68-,71-,72-/m1/s1. The van der Waals surface area contributed by atoms with Gasteiger partial charge in [-0.2, -0.15) is 0 Å². The predicted molar refractivity (Wildman–Crippen MR) is 390 cm³/mol. The minimum atomic E-state index is -1.44. The van der Waals surface area contributed by atoms with Crippen molar-refractivity contribution in [3.05, 3.63) is 156 Å². The molecule has 2 aliphatic carbocycles. The van der Waals surface area contributed by atoms with E-state index in [0.717, 1.165) is 60.8 Å². The highest BCUT2D eigenvalue weighted by Crippen LogP contribution is 2.50. The van der Waals surface area contributed by atoms with Crippen molar-refractivity contribution in [3.63, 3.8) is 0 Å². The fraction of sp³-hybridized carbons (Fsp3) is 0.600. The second kappa shape index (κ2) is 33.4. The van der Waals surface area contributed by atoms with Crippen LogP contribution in [0, 0.1) is 0 Å². The third-order valence-corrected chi connectivity index (χ3v) is 19.9. The van der Waals surface area contributed by atoms with Gasteiger partial charge in [0.2, 0.25) is 0 Å². The first-order valence-corrected chi connectivity index (χ1v) is 37.5. The number of imidazole rings is 1.